The maximum absolute atomic E-state index is 11.0. The highest BCUT2D eigenvalue weighted by molar-refractivity contribution is 5.80. The van der Waals surface area contributed by atoms with Crippen molar-refractivity contribution in [2.24, 2.45) is 11.8 Å². The molecule has 1 saturated heterocycles. The number of hydrogen-bond acceptors (Lipinski definition) is 1. The van der Waals surface area contributed by atoms with E-state index in [1.807, 2.05) is 0 Å². The molecule has 2 rings (SSSR count). The SMILES string of the molecule is CC(C)C1CC12CCC(=O)N2. The lowest BCUT2D eigenvalue weighted by Crippen LogP contribution is -2.30. The van der Waals surface area contributed by atoms with Crippen molar-refractivity contribution in [2.75, 3.05) is 0 Å². The minimum absolute atomic E-state index is 0.255. The van der Waals surface area contributed by atoms with E-state index >= 15 is 0 Å². The van der Waals surface area contributed by atoms with Crippen LogP contribution in [0.3, 0.4) is 0 Å². The summed E-state index contributed by atoms with van der Waals surface area (Å²) in [4.78, 5) is 11.0. The van der Waals surface area contributed by atoms with Crippen molar-refractivity contribution in [2.45, 2.75) is 38.6 Å². The van der Waals surface area contributed by atoms with Gasteiger partial charge < -0.3 is 5.32 Å². The van der Waals surface area contributed by atoms with Crippen molar-refractivity contribution in [3.63, 3.8) is 0 Å². The Kier molecular flexibility index (Phi) is 1.29. The topological polar surface area (TPSA) is 29.1 Å². The Morgan fingerprint density at radius 1 is 1.64 bits per heavy atom. The van der Waals surface area contributed by atoms with Gasteiger partial charge in [-0.3, -0.25) is 4.79 Å². The van der Waals surface area contributed by atoms with Crippen molar-refractivity contribution in [3.05, 3.63) is 0 Å². The van der Waals surface area contributed by atoms with Crippen LogP contribution in [-0.4, -0.2) is 11.4 Å². The Morgan fingerprint density at radius 3 is 2.73 bits per heavy atom. The molecule has 1 aliphatic carbocycles. The second-order valence-corrected chi connectivity index (χ2v) is 4.26. The first-order chi connectivity index (χ1) is 5.14. The molecule has 2 atom stereocenters. The first-order valence-corrected chi connectivity index (χ1v) is 4.45. The molecule has 0 bridgehead atoms. The molecule has 0 aromatic rings. The smallest absolute Gasteiger partial charge is 0.220 e. The Hall–Kier alpha value is -0.530. The summed E-state index contributed by atoms with van der Waals surface area (Å²) < 4.78 is 0. The molecule has 62 valence electrons. The summed E-state index contributed by atoms with van der Waals surface area (Å²) >= 11 is 0. The zero-order chi connectivity index (χ0) is 8.06. The lowest BCUT2D eigenvalue weighted by Gasteiger charge is -2.10. The Bertz CT molecular complexity index is 200. The molecule has 2 fully saturated rings. The van der Waals surface area contributed by atoms with Gasteiger partial charge in [0.25, 0.3) is 0 Å². The molecular weight excluding hydrogens is 138 g/mol. The van der Waals surface area contributed by atoms with E-state index < -0.39 is 0 Å². The van der Waals surface area contributed by atoms with Gasteiger partial charge in [0.05, 0.1) is 0 Å². The fourth-order valence-corrected chi connectivity index (χ4v) is 2.38. The number of carbonyl (C=O) groups is 1. The average molecular weight is 153 g/mol. The number of carbonyl (C=O) groups excluding carboxylic acids is 1. The minimum atomic E-state index is 0.255. The summed E-state index contributed by atoms with van der Waals surface area (Å²) in [5, 5.41) is 3.10. The molecule has 2 aliphatic rings. The largest absolute Gasteiger partial charge is 0.350 e. The van der Waals surface area contributed by atoms with Crippen molar-refractivity contribution in [3.8, 4) is 0 Å². The molecule has 0 aromatic carbocycles. The van der Waals surface area contributed by atoms with Crippen LogP contribution in [0, 0.1) is 11.8 Å². The highest BCUT2D eigenvalue weighted by Gasteiger charge is 2.58. The highest BCUT2D eigenvalue weighted by Crippen LogP contribution is 2.53. The van der Waals surface area contributed by atoms with Crippen LogP contribution in [0.5, 0.6) is 0 Å². The lowest BCUT2D eigenvalue weighted by atomic mass is 10.0. The van der Waals surface area contributed by atoms with Gasteiger partial charge in [-0.2, -0.15) is 0 Å². The van der Waals surface area contributed by atoms with Crippen molar-refractivity contribution < 1.29 is 4.79 Å². The van der Waals surface area contributed by atoms with Crippen LogP contribution in [0.25, 0.3) is 0 Å². The maximum Gasteiger partial charge on any atom is 0.220 e. The predicted molar refractivity (Wildman–Crippen MR) is 43.1 cm³/mol. The zero-order valence-electron chi connectivity index (χ0n) is 7.18. The van der Waals surface area contributed by atoms with Gasteiger partial charge in [0, 0.05) is 12.0 Å². The minimum Gasteiger partial charge on any atom is -0.350 e. The molecule has 2 unspecified atom stereocenters. The van der Waals surface area contributed by atoms with Crippen LogP contribution >= 0.6 is 0 Å². The number of hydrogen-bond donors (Lipinski definition) is 1. The van der Waals surface area contributed by atoms with Gasteiger partial charge in [-0.1, -0.05) is 13.8 Å². The highest BCUT2D eigenvalue weighted by atomic mass is 16.2. The van der Waals surface area contributed by atoms with Crippen molar-refractivity contribution in [1.82, 2.24) is 5.32 Å². The van der Waals surface area contributed by atoms with E-state index in [1.165, 1.54) is 6.42 Å². The number of nitrogens with one attached hydrogen (secondary N) is 1. The van der Waals surface area contributed by atoms with Crippen LogP contribution in [0.15, 0.2) is 0 Å². The van der Waals surface area contributed by atoms with Crippen LogP contribution in [0.2, 0.25) is 0 Å². The van der Waals surface area contributed by atoms with Crippen LogP contribution < -0.4 is 5.32 Å². The van der Waals surface area contributed by atoms with Gasteiger partial charge in [0.15, 0.2) is 0 Å². The normalized spacial score (nSPS) is 41.7. The van der Waals surface area contributed by atoms with E-state index in [4.69, 9.17) is 0 Å². The monoisotopic (exact) mass is 153 g/mol. The fourth-order valence-electron chi connectivity index (χ4n) is 2.38. The molecule has 1 N–H and O–H groups in total. The van der Waals surface area contributed by atoms with E-state index in [-0.39, 0.29) is 11.4 Å². The molecular formula is C9H15NO. The molecule has 1 spiro atoms. The van der Waals surface area contributed by atoms with Gasteiger partial charge in [-0.25, -0.2) is 0 Å². The van der Waals surface area contributed by atoms with E-state index in [1.54, 1.807) is 0 Å². The molecule has 2 heteroatoms. The van der Waals surface area contributed by atoms with Crippen LogP contribution in [0.1, 0.15) is 33.1 Å². The summed E-state index contributed by atoms with van der Waals surface area (Å²) in [5.41, 5.74) is 0.255. The zero-order valence-corrected chi connectivity index (χ0v) is 7.18. The molecule has 0 radical (unpaired) electrons. The summed E-state index contributed by atoms with van der Waals surface area (Å²) in [5.74, 6) is 1.75. The molecule has 1 heterocycles. The first kappa shape index (κ1) is 7.14. The second-order valence-electron chi connectivity index (χ2n) is 4.26. The summed E-state index contributed by atoms with van der Waals surface area (Å²) in [6.45, 7) is 4.48. The lowest BCUT2D eigenvalue weighted by molar-refractivity contribution is -0.119. The van der Waals surface area contributed by atoms with Gasteiger partial charge in [-0.05, 0) is 24.7 Å². The van der Waals surface area contributed by atoms with Gasteiger partial charge >= 0.3 is 0 Å². The Balaban J connectivity index is 2.02. The quantitative estimate of drug-likeness (QED) is 0.604. The third-order valence-electron chi connectivity index (χ3n) is 3.13. The van der Waals surface area contributed by atoms with Crippen molar-refractivity contribution >= 4 is 5.91 Å². The Labute approximate surface area is 67.4 Å². The number of rotatable bonds is 1. The Morgan fingerprint density at radius 2 is 2.36 bits per heavy atom. The summed E-state index contributed by atoms with van der Waals surface area (Å²) in [7, 11) is 0. The average Bonchev–Trinajstić information content (AvgIpc) is 2.48. The molecule has 0 aromatic heterocycles. The van der Waals surface area contributed by atoms with Gasteiger partial charge in [-0.15, -0.1) is 0 Å². The van der Waals surface area contributed by atoms with E-state index in [2.05, 4.69) is 19.2 Å². The third-order valence-corrected chi connectivity index (χ3v) is 3.13. The van der Waals surface area contributed by atoms with Gasteiger partial charge in [0.2, 0.25) is 5.91 Å². The number of amides is 1. The molecule has 1 saturated carbocycles. The fraction of sp³-hybridized carbons (Fsp3) is 0.889. The molecule has 2 nitrogen and oxygen atoms in total. The van der Waals surface area contributed by atoms with Crippen molar-refractivity contribution in [1.29, 1.82) is 0 Å². The maximum atomic E-state index is 11.0. The molecule has 1 amide bonds. The first-order valence-electron chi connectivity index (χ1n) is 4.45. The van der Waals surface area contributed by atoms with E-state index in [9.17, 15) is 4.79 Å². The third kappa shape index (κ3) is 0.959. The molecule has 1 aliphatic heterocycles. The van der Waals surface area contributed by atoms with Crippen LogP contribution in [0.4, 0.5) is 0 Å². The predicted octanol–water partition coefficient (Wildman–Crippen LogP) is 1.31. The van der Waals surface area contributed by atoms with E-state index in [0.29, 0.717) is 0 Å². The standard InChI is InChI=1S/C9H15NO/c1-6(2)7-5-9(7)4-3-8(11)10-9/h6-7H,3-5H2,1-2H3,(H,10,11). The van der Waals surface area contributed by atoms with Gasteiger partial charge in [0.1, 0.15) is 0 Å². The van der Waals surface area contributed by atoms with E-state index in [0.717, 1.165) is 24.7 Å². The summed E-state index contributed by atoms with van der Waals surface area (Å²) in [6.07, 6.45) is 3.05. The second kappa shape index (κ2) is 1.99. The summed E-state index contributed by atoms with van der Waals surface area (Å²) in [6, 6.07) is 0. The molecule has 11 heavy (non-hydrogen) atoms. The van der Waals surface area contributed by atoms with Crippen LogP contribution in [-0.2, 0) is 4.79 Å².